The molecule has 2 nitrogen and oxygen atoms in total. The second-order valence-electron chi connectivity index (χ2n) is 5.07. The van der Waals surface area contributed by atoms with Crippen LogP contribution in [0.4, 0.5) is 5.69 Å². The maximum absolute atomic E-state index is 6.15. The maximum Gasteiger partial charge on any atom is 0.0415 e. The number of nitrogens with one attached hydrogen (secondary N) is 1. The number of hydrogen-bond donors (Lipinski definition) is 1. The summed E-state index contributed by atoms with van der Waals surface area (Å²) in [5.41, 5.74) is 2.67. The van der Waals surface area contributed by atoms with Crippen LogP contribution in [0, 0.1) is 0 Å². The van der Waals surface area contributed by atoms with Crippen LogP contribution in [0.25, 0.3) is 0 Å². The summed E-state index contributed by atoms with van der Waals surface area (Å²) in [7, 11) is 0. The zero-order valence-electron chi connectivity index (χ0n) is 11.8. The molecule has 4 heteroatoms. The third-order valence-corrected chi connectivity index (χ3v) is 4.89. The number of benzene rings is 1. The first-order valence-electron chi connectivity index (χ1n) is 7.06. The molecule has 1 atom stereocenters. The summed E-state index contributed by atoms with van der Waals surface area (Å²) in [6, 6.07) is 6.89. The summed E-state index contributed by atoms with van der Waals surface area (Å²) in [5, 5.41) is 4.31. The molecular formula is C15H23ClN2S. The zero-order chi connectivity index (χ0) is 13.7. The number of thioether (sulfide) groups is 1. The molecular weight excluding hydrogens is 276 g/mol. The van der Waals surface area contributed by atoms with Crippen LogP contribution in [0.5, 0.6) is 0 Å². The van der Waals surface area contributed by atoms with Crippen LogP contribution < -0.4 is 10.2 Å². The van der Waals surface area contributed by atoms with E-state index in [1.807, 2.05) is 17.8 Å². The molecule has 1 heterocycles. The van der Waals surface area contributed by atoms with Gasteiger partial charge in [-0.05, 0) is 43.7 Å². The van der Waals surface area contributed by atoms with Crippen LogP contribution >= 0.6 is 23.4 Å². The predicted octanol–water partition coefficient (Wildman–Crippen LogP) is 3.78. The normalized spacial score (nSPS) is 19.7. The van der Waals surface area contributed by atoms with Crippen molar-refractivity contribution >= 4 is 29.1 Å². The minimum atomic E-state index is 0.602. The van der Waals surface area contributed by atoms with Gasteiger partial charge in [-0.2, -0.15) is 11.8 Å². The molecule has 0 amide bonds. The fourth-order valence-electron chi connectivity index (χ4n) is 2.46. The average molecular weight is 299 g/mol. The van der Waals surface area contributed by atoms with Crippen molar-refractivity contribution in [2.75, 3.05) is 29.5 Å². The maximum atomic E-state index is 6.15. The van der Waals surface area contributed by atoms with E-state index < -0.39 is 0 Å². The predicted molar refractivity (Wildman–Crippen MR) is 87.6 cm³/mol. The molecule has 2 rings (SSSR count). The van der Waals surface area contributed by atoms with Crippen LogP contribution in [0.1, 0.15) is 25.8 Å². The Bertz CT molecular complexity index is 411. The minimum Gasteiger partial charge on any atom is -0.367 e. The Labute approximate surface area is 125 Å². The molecule has 0 radical (unpaired) electrons. The van der Waals surface area contributed by atoms with E-state index in [1.165, 1.54) is 22.8 Å². The lowest BCUT2D eigenvalue weighted by Gasteiger charge is -2.36. The van der Waals surface area contributed by atoms with Gasteiger partial charge in [-0.1, -0.05) is 18.5 Å². The molecule has 0 spiro atoms. The molecule has 1 unspecified atom stereocenters. The standard InChI is InChI=1S/C15H23ClN2S/c1-3-6-17-10-13-9-14(16)4-5-15(13)18-7-8-19-11-12(18)2/h4-5,9,12,17H,3,6-8,10-11H2,1-2H3. The Hall–Kier alpha value is -0.380. The Morgan fingerprint density at radius 1 is 1.47 bits per heavy atom. The Morgan fingerprint density at radius 3 is 3.05 bits per heavy atom. The topological polar surface area (TPSA) is 15.3 Å². The number of anilines is 1. The molecule has 1 N–H and O–H groups in total. The summed E-state index contributed by atoms with van der Waals surface area (Å²) in [5.74, 6) is 2.43. The van der Waals surface area contributed by atoms with Gasteiger partial charge in [-0.25, -0.2) is 0 Å². The first-order chi connectivity index (χ1) is 9.22. The van der Waals surface area contributed by atoms with Gasteiger partial charge in [0.05, 0.1) is 0 Å². The third kappa shape index (κ3) is 4.04. The van der Waals surface area contributed by atoms with Crippen molar-refractivity contribution < 1.29 is 0 Å². The average Bonchev–Trinajstić information content (AvgIpc) is 2.40. The summed E-state index contributed by atoms with van der Waals surface area (Å²) in [6.07, 6.45) is 1.16. The first kappa shape index (κ1) is 15.0. The lowest BCUT2D eigenvalue weighted by molar-refractivity contribution is 0.660. The molecule has 106 valence electrons. The molecule has 1 aliphatic rings. The zero-order valence-corrected chi connectivity index (χ0v) is 13.4. The second kappa shape index (κ2) is 7.41. The number of halogens is 1. The molecule has 0 saturated carbocycles. The van der Waals surface area contributed by atoms with Crippen molar-refractivity contribution in [2.45, 2.75) is 32.9 Å². The van der Waals surface area contributed by atoms with E-state index in [4.69, 9.17) is 11.6 Å². The van der Waals surface area contributed by atoms with E-state index in [-0.39, 0.29) is 0 Å². The summed E-state index contributed by atoms with van der Waals surface area (Å²) >= 11 is 8.20. The monoisotopic (exact) mass is 298 g/mol. The molecule has 1 aromatic carbocycles. The smallest absolute Gasteiger partial charge is 0.0415 e. The van der Waals surface area contributed by atoms with Gasteiger partial charge in [-0.15, -0.1) is 0 Å². The highest BCUT2D eigenvalue weighted by atomic mass is 35.5. The van der Waals surface area contributed by atoms with Crippen molar-refractivity contribution in [2.24, 2.45) is 0 Å². The van der Waals surface area contributed by atoms with Gasteiger partial charge in [0.2, 0.25) is 0 Å². The molecule has 0 aromatic heterocycles. The van der Waals surface area contributed by atoms with Gasteiger partial charge < -0.3 is 10.2 Å². The first-order valence-corrected chi connectivity index (χ1v) is 8.59. The minimum absolute atomic E-state index is 0.602. The van der Waals surface area contributed by atoms with Crippen molar-refractivity contribution in [3.05, 3.63) is 28.8 Å². The molecule has 0 aliphatic carbocycles. The van der Waals surface area contributed by atoms with E-state index in [0.29, 0.717) is 6.04 Å². The largest absolute Gasteiger partial charge is 0.367 e. The molecule has 19 heavy (non-hydrogen) atoms. The van der Waals surface area contributed by atoms with Crippen LogP contribution in [0.3, 0.4) is 0 Å². The van der Waals surface area contributed by atoms with Crippen LogP contribution in [-0.4, -0.2) is 30.6 Å². The van der Waals surface area contributed by atoms with Gasteiger partial charge in [0.1, 0.15) is 0 Å². The van der Waals surface area contributed by atoms with E-state index in [1.54, 1.807) is 0 Å². The Kier molecular flexibility index (Phi) is 5.86. The van der Waals surface area contributed by atoms with Crippen molar-refractivity contribution in [3.8, 4) is 0 Å². The highest BCUT2D eigenvalue weighted by molar-refractivity contribution is 7.99. The SMILES string of the molecule is CCCNCc1cc(Cl)ccc1N1CCSCC1C. The molecule has 1 saturated heterocycles. The van der Waals surface area contributed by atoms with Gasteiger partial charge in [0.15, 0.2) is 0 Å². The lowest BCUT2D eigenvalue weighted by Crippen LogP contribution is -2.41. The van der Waals surface area contributed by atoms with E-state index in [0.717, 1.165) is 31.1 Å². The van der Waals surface area contributed by atoms with Gasteiger partial charge in [-0.3, -0.25) is 0 Å². The lowest BCUT2D eigenvalue weighted by atomic mass is 10.1. The van der Waals surface area contributed by atoms with Gasteiger partial charge >= 0.3 is 0 Å². The van der Waals surface area contributed by atoms with E-state index in [9.17, 15) is 0 Å². The summed E-state index contributed by atoms with van der Waals surface area (Å²) in [6.45, 7) is 7.59. The fourth-order valence-corrected chi connectivity index (χ4v) is 3.67. The summed E-state index contributed by atoms with van der Waals surface area (Å²) in [4.78, 5) is 2.52. The summed E-state index contributed by atoms with van der Waals surface area (Å²) < 4.78 is 0. The van der Waals surface area contributed by atoms with Crippen molar-refractivity contribution in [1.29, 1.82) is 0 Å². The van der Waals surface area contributed by atoms with Gasteiger partial charge in [0, 0.05) is 41.3 Å². The van der Waals surface area contributed by atoms with E-state index >= 15 is 0 Å². The van der Waals surface area contributed by atoms with Crippen LogP contribution in [-0.2, 0) is 6.54 Å². The Balaban J connectivity index is 2.17. The molecule has 1 aromatic rings. The van der Waals surface area contributed by atoms with Crippen molar-refractivity contribution in [1.82, 2.24) is 5.32 Å². The second-order valence-corrected chi connectivity index (χ2v) is 6.65. The highest BCUT2D eigenvalue weighted by Crippen LogP contribution is 2.29. The third-order valence-electron chi connectivity index (χ3n) is 3.46. The van der Waals surface area contributed by atoms with Crippen LogP contribution in [0.15, 0.2) is 18.2 Å². The fraction of sp³-hybridized carbons (Fsp3) is 0.600. The van der Waals surface area contributed by atoms with E-state index in [2.05, 4.69) is 36.2 Å². The molecule has 1 fully saturated rings. The molecule has 0 bridgehead atoms. The van der Waals surface area contributed by atoms with Gasteiger partial charge in [0.25, 0.3) is 0 Å². The number of rotatable bonds is 5. The van der Waals surface area contributed by atoms with Crippen molar-refractivity contribution in [3.63, 3.8) is 0 Å². The molecule has 1 aliphatic heterocycles. The Morgan fingerprint density at radius 2 is 2.32 bits per heavy atom. The number of hydrogen-bond acceptors (Lipinski definition) is 3. The highest BCUT2D eigenvalue weighted by Gasteiger charge is 2.21. The van der Waals surface area contributed by atoms with Crippen LogP contribution in [0.2, 0.25) is 5.02 Å². The quantitative estimate of drug-likeness (QED) is 0.833. The number of nitrogens with zero attached hydrogens (tertiary/aromatic N) is 1.